The molecule has 6 aromatic rings. The minimum atomic E-state index is -1.54. The molecule has 0 spiro atoms. The fourth-order valence-corrected chi connectivity index (χ4v) is 17.4. The van der Waals surface area contributed by atoms with Crippen LogP contribution >= 0.6 is 22.7 Å². The summed E-state index contributed by atoms with van der Waals surface area (Å²) < 4.78 is 41.2. The molecular formula is C87H114N12O18S2. The minimum absolute atomic E-state index is 0.0182. The second-order valence-electron chi connectivity index (χ2n) is 36.5. The Morgan fingerprint density at radius 3 is 1.25 bits per heavy atom. The third kappa shape index (κ3) is 20.9. The van der Waals surface area contributed by atoms with Crippen molar-refractivity contribution in [2.75, 3.05) is 45.1 Å². The number of benzene rings is 2. The molecule has 642 valence electrons. The van der Waals surface area contributed by atoms with Crippen LogP contribution in [0.3, 0.4) is 0 Å². The summed E-state index contributed by atoms with van der Waals surface area (Å²) in [5, 5.41) is 32.9. The van der Waals surface area contributed by atoms with Crippen molar-refractivity contribution in [1.29, 1.82) is 0 Å². The first-order valence-corrected chi connectivity index (χ1v) is 42.3. The van der Waals surface area contributed by atoms with Gasteiger partial charge in [-0.2, -0.15) is 0 Å². The predicted molar refractivity (Wildman–Crippen MR) is 451 cm³/mol. The molecule has 4 saturated carbocycles. The second-order valence-corrected chi connectivity index (χ2v) is 38.2. The molecule has 8 amide bonds. The number of carboxylic acids is 1. The number of likely N-dealkylation sites (tertiary alicyclic amines) is 2. The average molecular weight is 1680 g/mol. The third-order valence-electron chi connectivity index (χ3n) is 22.5. The Balaban J connectivity index is 0.000000233. The standard InChI is InChI=1S/C44H58N6O9S.C43H56N6O9S/c1-11-25-20-44(25,39(54)57-10)49-37(52)31-18-27(22-50(31)38(53)36(43(6,7)8)48-41(55)59-26-14-12-13-15-26)58-33-19-29(45-35-24(2)32(56-9)17-16-28(33)35)30-23-60-40(46-30)47-34(51)21-42(3,4)5;1-10-24-19-43(24,38(53)54)48-36(51)30-17-26(21-49(30)37(52)35(42(6,7)8)47-40(55)58-25-13-11-12-14-25)57-32-18-28(44-34-23(2)31(56-9)16-15-27(32)34)29-22-59-39(45-29)46-33(50)20-41(3,4)5/h11,16-17,19,23,25-27,31,36H,1,12-15,18,20-22H2,2-10H3,(H,48,55)(H,49,52)(H,46,47,51);10,15-16,18,22,24-26,30,35H,1,11-14,17,19-21H2,2-9H3,(H,47,55)(H,48,51)(H,53,54)(H,45,46,50)/t25-,27-,31+,36-,44-;24-,26-,30+,35-,43-/m11/s1. The highest BCUT2D eigenvalue weighted by molar-refractivity contribution is 7.14. The number of methoxy groups -OCH3 is 3. The maximum atomic E-state index is 14.7. The van der Waals surface area contributed by atoms with Gasteiger partial charge in [-0.25, -0.2) is 39.1 Å². The van der Waals surface area contributed by atoms with E-state index in [1.165, 1.54) is 45.7 Å². The van der Waals surface area contributed by atoms with Crippen LogP contribution in [0.2, 0.25) is 0 Å². The van der Waals surface area contributed by atoms with Crippen LogP contribution in [0.4, 0.5) is 19.9 Å². The molecule has 2 saturated heterocycles. The first-order chi connectivity index (χ1) is 56.0. The van der Waals surface area contributed by atoms with Crippen molar-refractivity contribution in [3.63, 3.8) is 0 Å². The van der Waals surface area contributed by atoms with Crippen LogP contribution in [0.15, 0.2) is 72.5 Å². The van der Waals surface area contributed by atoms with Crippen molar-refractivity contribution in [3.8, 4) is 45.8 Å². The number of rotatable bonds is 26. The van der Waals surface area contributed by atoms with Gasteiger partial charge in [0.2, 0.25) is 35.4 Å². The monoisotopic (exact) mass is 1680 g/mol. The highest BCUT2D eigenvalue weighted by Crippen LogP contribution is 2.48. The van der Waals surface area contributed by atoms with Crippen molar-refractivity contribution in [2.45, 2.75) is 246 Å². The van der Waals surface area contributed by atoms with E-state index in [0.29, 0.717) is 97.1 Å². The molecule has 0 bridgehead atoms. The van der Waals surface area contributed by atoms with Gasteiger partial charge in [-0.3, -0.25) is 28.8 Å². The Kier molecular flexibility index (Phi) is 26.9. The molecular weight excluding hydrogens is 1570 g/mol. The molecule has 2 aliphatic heterocycles. The van der Waals surface area contributed by atoms with Crippen LogP contribution in [-0.2, 0) is 52.6 Å². The molecule has 32 heteroatoms. The summed E-state index contributed by atoms with van der Waals surface area (Å²) in [5.74, 6) is -3.10. The number of carbonyl (C=O) groups is 10. The molecule has 12 rings (SSSR count). The summed E-state index contributed by atoms with van der Waals surface area (Å²) in [6.07, 6.45) is 7.84. The lowest BCUT2D eigenvalue weighted by atomic mass is 9.85. The number of nitrogens with zero attached hydrogens (tertiary/aromatic N) is 6. The fraction of sp³-hybridized carbons (Fsp3) is 0.563. The van der Waals surface area contributed by atoms with E-state index in [1.807, 2.05) is 115 Å². The van der Waals surface area contributed by atoms with E-state index in [1.54, 1.807) is 49.3 Å². The number of hydrogen-bond acceptors (Lipinski definition) is 23. The quantitative estimate of drug-likeness (QED) is 0.0151. The minimum Gasteiger partial charge on any atom is -0.496 e. The predicted octanol–water partition coefficient (Wildman–Crippen LogP) is 13.3. The van der Waals surface area contributed by atoms with Gasteiger partial charge in [0, 0.05) is 82.3 Å². The summed E-state index contributed by atoms with van der Waals surface area (Å²) >= 11 is 2.55. The molecule has 6 heterocycles. The number of amides is 8. The first-order valence-electron chi connectivity index (χ1n) is 40.6. The molecule has 4 aliphatic carbocycles. The number of fused-ring (bicyclic) bond motifs is 2. The Morgan fingerprint density at radius 1 is 0.538 bits per heavy atom. The number of carboxylic acid groups (broad SMARTS) is 1. The average Bonchev–Trinajstić information content (AvgIpc) is 1.59. The zero-order valence-electron chi connectivity index (χ0n) is 71.2. The van der Waals surface area contributed by atoms with Crippen molar-refractivity contribution >= 4 is 114 Å². The Hall–Kier alpha value is -10.5. The van der Waals surface area contributed by atoms with Crippen LogP contribution in [-0.4, -0.2) is 188 Å². The van der Waals surface area contributed by atoms with Crippen molar-refractivity contribution in [3.05, 3.63) is 83.6 Å². The molecule has 6 aliphatic rings. The largest absolute Gasteiger partial charge is 0.496 e. The lowest BCUT2D eigenvalue weighted by Gasteiger charge is -2.35. The fourth-order valence-electron chi connectivity index (χ4n) is 16.0. The summed E-state index contributed by atoms with van der Waals surface area (Å²) in [6, 6.07) is 6.40. The number of hydrogen-bond donors (Lipinski definition) is 7. The number of nitrogens with one attached hydrogen (secondary N) is 6. The number of aliphatic carboxylic acids is 1. The van der Waals surface area contributed by atoms with Crippen LogP contribution in [0.25, 0.3) is 44.6 Å². The molecule has 10 atom stereocenters. The van der Waals surface area contributed by atoms with E-state index in [2.05, 4.69) is 55.0 Å². The highest BCUT2D eigenvalue weighted by Gasteiger charge is 2.63. The van der Waals surface area contributed by atoms with E-state index in [-0.39, 0.29) is 73.1 Å². The van der Waals surface area contributed by atoms with Crippen LogP contribution < -0.4 is 50.8 Å². The number of thiazole rings is 2. The Morgan fingerprint density at radius 2 is 0.916 bits per heavy atom. The summed E-state index contributed by atoms with van der Waals surface area (Å²) in [6.45, 7) is 34.1. The van der Waals surface area contributed by atoms with Gasteiger partial charge in [0.05, 0.1) is 56.8 Å². The smallest absolute Gasteiger partial charge is 0.408 e. The molecule has 30 nitrogen and oxygen atoms in total. The molecule has 7 N–H and O–H groups in total. The molecule has 2 aromatic carbocycles. The normalized spacial score (nSPS) is 22.3. The number of ether oxygens (including phenoxy) is 7. The molecule has 0 radical (unpaired) electrons. The third-order valence-corrected chi connectivity index (χ3v) is 24.1. The zero-order chi connectivity index (χ0) is 86.8. The van der Waals surface area contributed by atoms with E-state index in [4.69, 9.17) is 43.1 Å². The van der Waals surface area contributed by atoms with E-state index >= 15 is 0 Å². The maximum absolute atomic E-state index is 14.7. The number of esters is 1. The van der Waals surface area contributed by atoms with E-state index in [0.717, 1.165) is 62.5 Å². The number of aromatic nitrogens is 4. The van der Waals surface area contributed by atoms with Crippen molar-refractivity contribution in [1.82, 2.24) is 51.0 Å². The summed E-state index contributed by atoms with van der Waals surface area (Å²) in [7, 11) is 4.41. The Bertz CT molecular complexity index is 4890. The van der Waals surface area contributed by atoms with Crippen LogP contribution in [0.1, 0.15) is 184 Å². The number of anilines is 2. The zero-order valence-corrected chi connectivity index (χ0v) is 72.8. The van der Waals surface area contributed by atoms with Gasteiger partial charge in [0.25, 0.3) is 0 Å². The maximum Gasteiger partial charge on any atom is 0.408 e. The van der Waals surface area contributed by atoms with Crippen molar-refractivity contribution in [2.24, 2.45) is 33.5 Å². The SMILES string of the molecule is C=C[C@@H]1C[C@]1(NC(=O)[C@@H]1C[C@@H](Oc2cc(-c3csc(NC(=O)CC(C)(C)C)n3)nc3c(C)c(OC)ccc23)CN1C(=O)[C@@H](NC(=O)OC1CCCC1)C(C)(C)C)C(=O)O.C=C[C@@H]1C[C@]1(NC(=O)[C@@H]1C[C@@H](Oc2cc(-c3csc(NC(=O)CC(C)(C)C)n3)nc3c(C)c(OC)ccc23)CN1C(=O)[C@@H](NC(=O)OC1CCCC1)C(C)(C)C)C(=O)OC. The first kappa shape index (κ1) is 89.3. The van der Waals surface area contributed by atoms with Gasteiger partial charge < -0.3 is 80.0 Å². The van der Waals surface area contributed by atoms with Gasteiger partial charge in [-0.15, -0.1) is 35.8 Å². The topological polar surface area (TPSA) is 386 Å². The van der Waals surface area contributed by atoms with E-state index in [9.17, 15) is 53.1 Å². The van der Waals surface area contributed by atoms with Crippen molar-refractivity contribution < 1.29 is 86.2 Å². The lowest BCUT2D eigenvalue weighted by molar-refractivity contribution is -0.148. The lowest BCUT2D eigenvalue weighted by Crippen LogP contribution is -2.59. The van der Waals surface area contributed by atoms with Gasteiger partial charge in [0.15, 0.2) is 10.3 Å². The van der Waals surface area contributed by atoms with Crippen LogP contribution in [0, 0.1) is 47.3 Å². The summed E-state index contributed by atoms with van der Waals surface area (Å²) in [5.41, 5.74) is -0.215. The van der Waals surface area contributed by atoms with Gasteiger partial charge in [-0.1, -0.05) is 95.2 Å². The van der Waals surface area contributed by atoms with Gasteiger partial charge in [0.1, 0.15) is 94.0 Å². The molecule has 6 fully saturated rings. The summed E-state index contributed by atoms with van der Waals surface area (Å²) in [4.78, 5) is 157. The van der Waals surface area contributed by atoms with Crippen LogP contribution in [0.5, 0.6) is 23.0 Å². The number of carbonyl (C=O) groups excluding carboxylic acids is 9. The molecule has 119 heavy (non-hydrogen) atoms. The van der Waals surface area contributed by atoms with E-state index < -0.39 is 112 Å². The number of aryl methyl sites for hydroxylation is 2. The highest BCUT2D eigenvalue weighted by atomic mass is 32.1. The molecule has 4 aromatic heterocycles. The molecule has 0 unspecified atom stereocenters. The van der Waals surface area contributed by atoms with Gasteiger partial charge in [-0.05, 0) is 124 Å². The van der Waals surface area contributed by atoms with Gasteiger partial charge >= 0.3 is 24.1 Å². The Labute approximate surface area is 702 Å². The number of pyridine rings is 2. The second kappa shape index (κ2) is 35.8. The number of alkyl carbamates (subject to hydrolysis) is 2.